The van der Waals surface area contributed by atoms with Crippen molar-refractivity contribution in [1.82, 2.24) is 14.8 Å². The van der Waals surface area contributed by atoms with E-state index >= 15 is 0 Å². The van der Waals surface area contributed by atoms with Crippen LogP contribution in [-0.2, 0) is 16.1 Å². The van der Waals surface area contributed by atoms with Crippen molar-refractivity contribution in [3.8, 4) is 0 Å². The summed E-state index contributed by atoms with van der Waals surface area (Å²) in [7, 11) is 1.62. The minimum absolute atomic E-state index is 0.0652. The fourth-order valence-electron chi connectivity index (χ4n) is 1.65. The van der Waals surface area contributed by atoms with Crippen LogP contribution < -0.4 is 0 Å². The van der Waals surface area contributed by atoms with Gasteiger partial charge in [0.15, 0.2) is 0 Å². The summed E-state index contributed by atoms with van der Waals surface area (Å²) in [6.45, 7) is 0.544. The van der Waals surface area contributed by atoms with E-state index in [1.165, 1.54) is 9.80 Å². The Balaban J connectivity index is 2.12. The molecule has 5 nitrogen and oxygen atoms in total. The van der Waals surface area contributed by atoms with E-state index in [0.29, 0.717) is 11.7 Å². The minimum Gasteiger partial charge on any atom is -0.335 e. The molecule has 0 N–H and O–H groups in total. The summed E-state index contributed by atoms with van der Waals surface area (Å²) in [5, 5.41) is 0.367. The lowest BCUT2D eigenvalue weighted by atomic mass is 10.2. The van der Waals surface area contributed by atoms with Gasteiger partial charge in [-0.15, -0.1) is 0 Å². The third kappa shape index (κ3) is 2.55. The van der Waals surface area contributed by atoms with Gasteiger partial charge in [-0.1, -0.05) is 17.7 Å². The van der Waals surface area contributed by atoms with Crippen LogP contribution in [0.5, 0.6) is 0 Å². The number of carbonyl (C=O) groups is 2. The number of aromatic nitrogens is 1. The lowest BCUT2D eigenvalue weighted by molar-refractivity contribution is -0.149. The molecule has 1 aliphatic rings. The van der Waals surface area contributed by atoms with E-state index in [1.807, 2.05) is 0 Å². The summed E-state index contributed by atoms with van der Waals surface area (Å²) >= 11 is 5.91. The van der Waals surface area contributed by atoms with Gasteiger partial charge < -0.3 is 9.80 Å². The number of hydrogen-bond donors (Lipinski definition) is 0. The number of halogens is 1. The molecule has 0 aliphatic carbocycles. The van der Waals surface area contributed by atoms with Crippen molar-refractivity contribution in [2.24, 2.45) is 0 Å². The van der Waals surface area contributed by atoms with Crippen LogP contribution in [0.3, 0.4) is 0 Å². The van der Waals surface area contributed by atoms with Gasteiger partial charge >= 0.3 is 0 Å². The maximum atomic E-state index is 11.7. The van der Waals surface area contributed by atoms with Crippen LogP contribution in [0.25, 0.3) is 0 Å². The van der Waals surface area contributed by atoms with Crippen LogP contribution in [0.4, 0.5) is 0 Å². The van der Waals surface area contributed by atoms with E-state index in [-0.39, 0.29) is 24.9 Å². The molecule has 6 heteroatoms. The first-order valence-corrected chi connectivity index (χ1v) is 5.57. The van der Waals surface area contributed by atoms with Gasteiger partial charge in [0.2, 0.25) is 11.8 Å². The van der Waals surface area contributed by atoms with Crippen LogP contribution in [0.2, 0.25) is 5.15 Å². The molecule has 0 unspecified atom stereocenters. The Labute approximate surface area is 104 Å². The molecule has 1 aromatic heterocycles. The standard InChI is InChI=1S/C11H12ClN3O2/c1-14-6-10(17)15(7-9(14)16)5-8-3-2-4-13-11(8)12/h2-4H,5-7H2,1H3. The van der Waals surface area contributed by atoms with E-state index in [4.69, 9.17) is 11.6 Å². The first-order chi connectivity index (χ1) is 8.08. The first kappa shape index (κ1) is 11.9. The van der Waals surface area contributed by atoms with Gasteiger partial charge in [-0.25, -0.2) is 4.98 Å². The predicted octanol–water partition coefficient (Wildman–Crippen LogP) is 0.536. The average molecular weight is 254 g/mol. The largest absolute Gasteiger partial charge is 0.335 e. The quantitative estimate of drug-likeness (QED) is 0.723. The normalized spacial score (nSPS) is 16.6. The fourth-order valence-corrected chi connectivity index (χ4v) is 1.83. The molecule has 0 saturated carbocycles. The third-order valence-corrected chi connectivity index (χ3v) is 3.01. The Morgan fingerprint density at radius 3 is 2.82 bits per heavy atom. The molecule has 1 fully saturated rings. The number of rotatable bonds is 2. The number of pyridine rings is 1. The van der Waals surface area contributed by atoms with Crippen molar-refractivity contribution in [2.45, 2.75) is 6.54 Å². The average Bonchev–Trinajstić information content (AvgIpc) is 2.29. The summed E-state index contributed by atoms with van der Waals surface area (Å²) in [4.78, 5) is 30.1. The maximum absolute atomic E-state index is 11.7. The van der Waals surface area contributed by atoms with Crippen LogP contribution in [0.15, 0.2) is 18.3 Å². The van der Waals surface area contributed by atoms with E-state index in [1.54, 1.807) is 25.4 Å². The SMILES string of the molecule is CN1CC(=O)N(Cc2cccnc2Cl)CC1=O. The number of amides is 2. The molecule has 1 aliphatic heterocycles. The van der Waals surface area contributed by atoms with Crippen molar-refractivity contribution in [1.29, 1.82) is 0 Å². The molecule has 0 spiro atoms. The van der Waals surface area contributed by atoms with Crippen LogP contribution in [0, 0.1) is 0 Å². The Hall–Kier alpha value is -1.62. The second kappa shape index (κ2) is 4.71. The molecule has 90 valence electrons. The number of likely N-dealkylation sites (N-methyl/N-ethyl adjacent to an activating group) is 1. The summed E-state index contributed by atoms with van der Waals surface area (Å²) < 4.78 is 0. The summed E-state index contributed by atoms with van der Waals surface area (Å²) in [6.07, 6.45) is 1.59. The van der Waals surface area contributed by atoms with Gasteiger partial charge in [-0.05, 0) is 6.07 Å². The molecule has 2 heterocycles. The van der Waals surface area contributed by atoms with Crippen molar-refractivity contribution in [2.75, 3.05) is 20.1 Å². The molecule has 2 amide bonds. The highest BCUT2D eigenvalue weighted by Gasteiger charge is 2.27. The Morgan fingerprint density at radius 1 is 1.35 bits per heavy atom. The molecule has 2 rings (SSSR count). The Bertz CT molecular complexity index is 464. The molecular formula is C11H12ClN3O2. The molecular weight excluding hydrogens is 242 g/mol. The van der Waals surface area contributed by atoms with Gasteiger partial charge in [0.05, 0.1) is 6.54 Å². The van der Waals surface area contributed by atoms with Crippen molar-refractivity contribution in [3.05, 3.63) is 29.0 Å². The molecule has 1 aromatic rings. The summed E-state index contributed by atoms with van der Waals surface area (Å²) in [6, 6.07) is 3.55. The number of carbonyl (C=O) groups excluding carboxylic acids is 2. The number of hydrogen-bond acceptors (Lipinski definition) is 3. The molecule has 17 heavy (non-hydrogen) atoms. The van der Waals surface area contributed by atoms with Gasteiger partial charge in [0, 0.05) is 25.4 Å². The number of piperazine rings is 1. The second-order valence-electron chi connectivity index (χ2n) is 3.95. The molecule has 0 atom stereocenters. The topological polar surface area (TPSA) is 53.5 Å². The van der Waals surface area contributed by atoms with E-state index in [9.17, 15) is 9.59 Å². The van der Waals surface area contributed by atoms with Crippen LogP contribution >= 0.6 is 11.6 Å². The molecule has 1 saturated heterocycles. The van der Waals surface area contributed by atoms with Crippen molar-refractivity contribution < 1.29 is 9.59 Å². The Morgan fingerprint density at radius 2 is 2.12 bits per heavy atom. The summed E-state index contributed by atoms with van der Waals surface area (Å²) in [5.41, 5.74) is 0.750. The summed E-state index contributed by atoms with van der Waals surface area (Å²) in [5.74, 6) is -0.142. The van der Waals surface area contributed by atoms with Crippen LogP contribution in [-0.4, -0.2) is 46.7 Å². The van der Waals surface area contributed by atoms with E-state index < -0.39 is 0 Å². The van der Waals surface area contributed by atoms with Crippen molar-refractivity contribution >= 4 is 23.4 Å². The lowest BCUT2D eigenvalue weighted by Crippen LogP contribution is -2.51. The zero-order chi connectivity index (χ0) is 12.4. The van der Waals surface area contributed by atoms with Gasteiger partial charge in [0.25, 0.3) is 0 Å². The highest BCUT2D eigenvalue weighted by atomic mass is 35.5. The maximum Gasteiger partial charge on any atom is 0.242 e. The molecule has 0 bridgehead atoms. The van der Waals surface area contributed by atoms with Gasteiger partial charge in [-0.3, -0.25) is 9.59 Å². The molecule has 0 aromatic carbocycles. The lowest BCUT2D eigenvalue weighted by Gasteiger charge is -2.31. The zero-order valence-corrected chi connectivity index (χ0v) is 10.1. The van der Waals surface area contributed by atoms with Crippen LogP contribution in [0.1, 0.15) is 5.56 Å². The zero-order valence-electron chi connectivity index (χ0n) is 9.39. The second-order valence-corrected chi connectivity index (χ2v) is 4.31. The first-order valence-electron chi connectivity index (χ1n) is 5.19. The fraction of sp³-hybridized carbons (Fsp3) is 0.364. The van der Waals surface area contributed by atoms with Gasteiger partial charge in [-0.2, -0.15) is 0 Å². The van der Waals surface area contributed by atoms with E-state index in [0.717, 1.165) is 5.56 Å². The number of nitrogens with zero attached hydrogens (tertiary/aromatic N) is 3. The highest BCUT2D eigenvalue weighted by molar-refractivity contribution is 6.30. The van der Waals surface area contributed by atoms with Gasteiger partial charge in [0.1, 0.15) is 11.7 Å². The highest BCUT2D eigenvalue weighted by Crippen LogP contribution is 2.15. The smallest absolute Gasteiger partial charge is 0.242 e. The molecule has 0 radical (unpaired) electrons. The third-order valence-electron chi connectivity index (χ3n) is 2.67. The van der Waals surface area contributed by atoms with Crippen molar-refractivity contribution in [3.63, 3.8) is 0 Å². The Kier molecular flexibility index (Phi) is 3.28. The minimum atomic E-state index is -0.0768. The monoisotopic (exact) mass is 253 g/mol. The predicted molar refractivity (Wildman–Crippen MR) is 62.3 cm³/mol. The van der Waals surface area contributed by atoms with E-state index in [2.05, 4.69) is 4.98 Å².